The van der Waals surface area contributed by atoms with E-state index in [1.54, 1.807) is 30.5 Å². The Morgan fingerprint density at radius 1 is 0.963 bits per heavy atom. The molecule has 0 saturated carbocycles. The highest BCUT2D eigenvalue weighted by Crippen LogP contribution is 2.24. The number of nitrogens with one attached hydrogen (secondary N) is 1. The smallest absolute Gasteiger partial charge is 0.271 e. The van der Waals surface area contributed by atoms with Crippen molar-refractivity contribution in [3.63, 3.8) is 0 Å². The third-order valence-corrected chi connectivity index (χ3v) is 3.55. The molecule has 6 heteroatoms. The Kier molecular flexibility index (Phi) is 8.16. The highest BCUT2D eigenvalue weighted by Gasteiger charge is 2.06. The van der Waals surface area contributed by atoms with Gasteiger partial charge in [-0.3, -0.25) is 4.79 Å². The Morgan fingerprint density at radius 3 is 2.33 bits per heavy atom. The summed E-state index contributed by atoms with van der Waals surface area (Å²) in [6.45, 7) is 7.63. The molecule has 0 saturated heterocycles. The molecule has 0 aromatic heterocycles. The van der Waals surface area contributed by atoms with Crippen LogP contribution in [0.1, 0.15) is 43.1 Å². The standard InChI is InChI=1S/C21H26N2O4/c1-4-13-27-18-10-7-16(8-11-18)21(24)23-22-15-17-9-12-19(25-5-2)14-20(17)26-6-3/h7-12,14-15H,4-6,13H2,1-3H3,(H,23,24)/b22-15+. The first-order valence-corrected chi connectivity index (χ1v) is 9.13. The van der Waals surface area contributed by atoms with Gasteiger partial charge in [0, 0.05) is 17.2 Å². The number of carbonyl (C=O) groups is 1. The molecule has 6 nitrogen and oxygen atoms in total. The monoisotopic (exact) mass is 370 g/mol. The van der Waals surface area contributed by atoms with Crippen LogP contribution in [-0.4, -0.2) is 31.9 Å². The number of nitrogens with zero attached hydrogens (tertiary/aromatic N) is 1. The molecule has 0 aliphatic rings. The lowest BCUT2D eigenvalue weighted by Crippen LogP contribution is -2.17. The van der Waals surface area contributed by atoms with Crippen LogP contribution in [0.3, 0.4) is 0 Å². The summed E-state index contributed by atoms with van der Waals surface area (Å²) in [7, 11) is 0. The van der Waals surface area contributed by atoms with Gasteiger partial charge in [0.15, 0.2) is 0 Å². The molecule has 1 N–H and O–H groups in total. The Balaban J connectivity index is 2.00. The average molecular weight is 370 g/mol. The first kappa shape index (κ1) is 20.3. The van der Waals surface area contributed by atoms with Crippen LogP contribution in [0.5, 0.6) is 17.2 Å². The van der Waals surface area contributed by atoms with E-state index >= 15 is 0 Å². The van der Waals surface area contributed by atoms with Crippen LogP contribution in [0.15, 0.2) is 47.6 Å². The maximum atomic E-state index is 12.2. The minimum atomic E-state index is -0.294. The van der Waals surface area contributed by atoms with Gasteiger partial charge >= 0.3 is 0 Å². The number of hydrogen-bond donors (Lipinski definition) is 1. The molecule has 0 heterocycles. The van der Waals surface area contributed by atoms with E-state index in [1.165, 1.54) is 0 Å². The second-order valence-electron chi connectivity index (χ2n) is 5.64. The Bertz CT molecular complexity index is 757. The summed E-state index contributed by atoms with van der Waals surface area (Å²) >= 11 is 0. The molecule has 0 aliphatic carbocycles. The van der Waals surface area contributed by atoms with Gasteiger partial charge in [-0.25, -0.2) is 5.43 Å². The van der Waals surface area contributed by atoms with Gasteiger partial charge in [0.05, 0.1) is 26.0 Å². The molecule has 0 aliphatic heterocycles. The van der Waals surface area contributed by atoms with Gasteiger partial charge < -0.3 is 14.2 Å². The summed E-state index contributed by atoms with van der Waals surface area (Å²) in [6.07, 6.45) is 2.49. The first-order chi connectivity index (χ1) is 13.2. The number of hydrazone groups is 1. The Morgan fingerprint density at radius 2 is 1.67 bits per heavy atom. The van der Waals surface area contributed by atoms with Crippen molar-refractivity contribution >= 4 is 12.1 Å². The van der Waals surface area contributed by atoms with Gasteiger partial charge in [0.2, 0.25) is 0 Å². The summed E-state index contributed by atoms with van der Waals surface area (Å²) < 4.78 is 16.6. The maximum absolute atomic E-state index is 12.2. The number of benzene rings is 2. The number of hydrogen-bond acceptors (Lipinski definition) is 5. The van der Waals surface area contributed by atoms with E-state index in [4.69, 9.17) is 14.2 Å². The number of amides is 1. The quantitative estimate of drug-likeness (QED) is 0.506. The van der Waals surface area contributed by atoms with Crippen molar-refractivity contribution in [2.75, 3.05) is 19.8 Å². The highest BCUT2D eigenvalue weighted by molar-refractivity contribution is 5.95. The van der Waals surface area contributed by atoms with E-state index in [0.717, 1.165) is 23.5 Å². The minimum Gasteiger partial charge on any atom is -0.494 e. The SMILES string of the molecule is CCCOc1ccc(C(=O)N/N=C/c2ccc(OCC)cc2OCC)cc1. The van der Waals surface area contributed by atoms with E-state index in [-0.39, 0.29) is 5.91 Å². The van der Waals surface area contributed by atoms with Crippen molar-refractivity contribution in [3.05, 3.63) is 53.6 Å². The molecule has 0 unspecified atom stereocenters. The molecule has 2 rings (SSSR count). The lowest BCUT2D eigenvalue weighted by atomic mass is 10.2. The molecule has 1 amide bonds. The predicted molar refractivity (Wildman–Crippen MR) is 106 cm³/mol. The van der Waals surface area contributed by atoms with Gasteiger partial charge in [-0.15, -0.1) is 0 Å². The van der Waals surface area contributed by atoms with E-state index in [1.807, 2.05) is 39.0 Å². The summed E-state index contributed by atoms with van der Waals surface area (Å²) in [6, 6.07) is 12.4. The zero-order chi connectivity index (χ0) is 19.5. The van der Waals surface area contributed by atoms with Gasteiger partial charge in [-0.2, -0.15) is 5.10 Å². The molecule has 144 valence electrons. The van der Waals surface area contributed by atoms with Crippen molar-refractivity contribution < 1.29 is 19.0 Å². The van der Waals surface area contributed by atoms with Crippen molar-refractivity contribution in [2.24, 2.45) is 5.10 Å². The van der Waals surface area contributed by atoms with E-state index in [9.17, 15) is 4.79 Å². The Hall–Kier alpha value is -3.02. The molecule has 0 bridgehead atoms. The van der Waals surface area contributed by atoms with Crippen molar-refractivity contribution in [1.82, 2.24) is 5.43 Å². The second kappa shape index (κ2) is 10.9. The topological polar surface area (TPSA) is 69.2 Å². The third kappa shape index (κ3) is 6.33. The predicted octanol–water partition coefficient (Wildman–Crippen LogP) is 4.04. The van der Waals surface area contributed by atoms with Crippen molar-refractivity contribution in [2.45, 2.75) is 27.2 Å². The normalized spacial score (nSPS) is 10.6. The van der Waals surface area contributed by atoms with E-state index < -0.39 is 0 Å². The molecule has 0 spiro atoms. The summed E-state index contributed by atoms with van der Waals surface area (Å²) in [5.74, 6) is 1.83. The second-order valence-corrected chi connectivity index (χ2v) is 5.64. The maximum Gasteiger partial charge on any atom is 0.271 e. The van der Waals surface area contributed by atoms with Crippen LogP contribution in [0.4, 0.5) is 0 Å². The lowest BCUT2D eigenvalue weighted by molar-refractivity contribution is 0.0955. The lowest BCUT2D eigenvalue weighted by Gasteiger charge is -2.10. The van der Waals surface area contributed by atoms with Crippen LogP contribution >= 0.6 is 0 Å². The van der Waals surface area contributed by atoms with Gasteiger partial charge in [-0.05, 0) is 56.7 Å². The number of ether oxygens (including phenoxy) is 3. The summed E-state index contributed by atoms with van der Waals surface area (Å²) in [5.41, 5.74) is 3.78. The van der Waals surface area contributed by atoms with Crippen molar-refractivity contribution in [3.8, 4) is 17.2 Å². The Labute approximate surface area is 160 Å². The average Bonchev–Trinajstić information content (AvgIpc) is 2.68. The number of carbonyl (C=O) groups excluding carboxylic acids is 1. The molecule has 2 aromatic carbocycles. The van der Waals surface area contributed by atoms with Crippen LogP contribution in [0, 0.1) is 0 Å². The highest BCUT2D eigenvalue weighted by atomic mass is 16.5. The van der Waals surface area contributed by atoms with E-state index in [0.29, 0.717) is 31.1 Å². The van der Waals surface area contributed by atoms with Gasteiger partial charge in [-0.1, -0.05) is 6.92 Å². The molecule has 0 atom stereocenters. The molecule has 27 heavy (non-hydrogen) atoms. The first-order valence-electron chi connectivity index (χ1n) is 9.13. The van der Waals surface area contributed by atoms with E-state index in [2.05, 4.69) is 10.5 Å². The zero-order valence-electron chi connectivity index (χ0n) is 16.0. The van der Waals surface area contributed by atoms with Crippen LogP contribution in [0.2, 0.25) is 0 Å². The number of rotatable bonds is 10. The summed E-state index contributed by atoms with van der Waals surface area (Å²) in [4.78, 5) is 12.2. The zero-order valence-corrected chi connectivity index (χ0v) is 16.0. The minimum absolute atomic E-state index is 0.294. The van der Waals surface area contributed by atoms with Crippen LogP contribution in [0.25, 0.3) is 0 Å². The molecule has 0 radical (unpaired) electrons. The largest absolute Gasteiger partial charge is 0.494 e. The molecule has 0 fully saturated rings. The fourth-order valence-electron chi connectivity index (χ4n) is 2.31. The summed E-state index contributed by atoms with van der Waals surface area (Å²) in [5, 5.41) is 4.03. The van der Waals surface area contributed by atoms with Gasteiger partial charge in [0.1, 0.15) is 17.2 Å². The molecule has 2 aromatic rings. The molecular weight excluding hydrogens is 344 g/mol. The molecular formula is C21H26N2O4. The fourth-order valence-corrected chi connectivity index (χ4v) is 2.31. The third-order valence-electron chi connectivity index (χ3n) is 3.55. The van der Waals surface area contributed by atoms with Crippen molar-refractivity contribution in [1.29, 1.82) is 0 Å². The van der Waals surface area contributed by atoms with Crippen LogP contribution < -0.4 is 19.6 Å². The van der Waals surface area contributed by atoms with Crippen LogP contribution in [-0.2, 0) is 0 Å². The fraction of sp³-hybridized carbons (Fsp3) is 0.333. The van der Waals surface area contributed by atoms with Gasteiger partial charge in [0.25, 0.3) is 5.91 Å².